The first-order valence-corrected chi connectivity index (χ1v) is 12.0. The van der Waals surface area contributed by atoms with Crippen LogP contribution in [0.25, 0.3) is 5.69 Å². The van der Waals surface area contributed by atoms with E-state index in [1.165, 1.54) is 36.5 Å². The van der Waals surface area contributed by atoms with Crippen molar-refractivity contribution in [2.45, 2.75) is 31.6 Å². The van der Waals surface area contributed by atoms with Gasteiger partial charge in [0, 0.05) is 11.8 Å². The van der Waals surface area contributed by atoms with Crippen LogP contribution in [0.4, 0.5) is 16.3 Å². The minimum absolute atomic E-state index is 0.00133. The number of nitrogens with zero attached hydrogens (tertiary/aromatic N) is 3. The summed E-state index contributed by atoms with van der Waals surface area (Å²) in [6.07, 6.45) is 2.30. The van der Waals surface area contributed by atoms with Crippen LogP contribution >= 0.6 is 0 Å². The Hall–Kier alpha value is -4.12. The molecule has 0 aliphatic carbocycles. The molecule has 2 heterocycles. The third kappa shape index (κ3) is 5.26. The summed E-state index contributed by atoms with van der Waals surface area (Å²) in [5.41, 5.74) is 2.01. The van der Waals surface area contributed by atoms with Gasteiger partial charge < -0.3 is 9.26 Å². The molecule has 0 radical (unpaired) electrons. The maximum Gasteiger partial charge on any atom is 0.417 e. The highest BCUT2D eigenvalue weighted by atomic mass is 32.2. The van der Waals surface area contributed by atoms with Crippen LogP contribution in [0.15, 0.2) is 76.3 Å². The third-order valence-electron chi connectivity index (χ3n) is 4.80. The lowest BCUT2D eigenvalue weighted by atomic mass is 10.2. The van der Waals surface area contributed by atoms with Gasteiger partial charge in [0.15, 0.2) is 11.6 Å². The minimum atomic E-state index is -3.86. The van der Waals surface area contributed by atoms with Gasteiger partial charge in [-0.05, 0) is 49.7 Å². The molecule has 0 unspecified atom stereocenters. The summed E-state index contributed by atoms with van der Waals surface area (Å²) in [7, 11) is -3.86. The second-order valence-electron chi connectivity index (χ2n) is 7.42. The van der Waals surface area contributed by atoms with E-state index < -0.39 is 16.1 Å². The van der Waals surface area contributed by atoms with E-state index in [4.69, 9.17) is 9.26 Å². The molecule has 0 spiro atoms. The van der Waals surface area contributed by atoms with Crippen molar-refractivity contribution >= 4 is 27.6 Å². The summed E-state index contributed by atoms with van der Waals surface area (Å²) in [4.78, 5) is 12.5. The molecule has 2 aromatic carbocycles. The largest absolute Gasteiger partial charge is 0.417 e. The Kier molecular flexibility index (Phi) is 6.64. The van der Waals surface area contributed by atoms with Crippen molar-refractivity contribution in [1.29, 1.82) is 0 Å². The average Bonchev–Trinajstić information content (AvgIpc) is 3.40. The number of amides is 1. The van der Waals surface area contributed by atoms with E-state index in [1.807, 2.05) is 37.3 Å². The highest BCUT2D eigenvalue weighted by molar-refractivity contribution is 7.92. The highest BCUT2D eigenvalue weighted by Gasteiger charge is 2.18. The minimum Gasteiger partial charge on any atom is -0.406 e. The number of benzene rings is 2. The molecule has 0 fully saturated rings. The van der Waals surface area contributed by atoms with Crippen LogP contribution in [0.5, 0.6) is 5.75 Å². The van der Waals surface area contributed by atoms with E-state index >= 15 is 0 Å². The van der Waals surface area contributed by atoms with E-state index in [0.717, 1.165) is 17.8 Å². The van der Waals surface area contributed by atoms with E-state index in [0.29, 0.717) is 23.6 Å². The van der Waals surface area contributed by atoms with E-state index in [9.17, 15) is 13.2 Å². The van der Waals surface area contributed by atoms with Gasteiger partial charge in [0.2, 0.25) is 0 Å². The van der Waals surface area contributed by atoms with Gasteiger partial charge in [-0.15, -0.1) is 0 Å². The van der Waals surface area contributed by atoms with Crippen LogP contribution in [0.2, 0.25) is 0 Å². The van der Waals surface area contributed by atoms with E-state index in [-0.39, 0.29) is 10.7 Å². The van der Waals surface area contributed by atoms with Crippen molar-refractivity contribution in [3.8, 4) is 11.4 Å². The maximum absolute atomic E-state index is 12.5. The smallest absolute Gasteiger partial charge is 0.406 e. The van der Waals surface area contributed by atoms with Gasteiger partial charge >= 0.3 is 6.09 Å². The number of carbonyl (C=O) groups is 1. The summed E-state index contributed by atoms with van der Waals surface area (Å²) in [6, 6.07) is 16.7. The second-order valence-corrected chi connectivity index (χ2v) is 9.10. The molecule has 0 saturated carbocycles. The molecule has 4 aromatic rings. The van der Waals surface area contributed by atoms with Gasteiger partial charge in [0.25, 0.3) is 10.0 Å². The van der Waals surface area contributed by atoms with Crippen LogP contribution in [-0.2, 0) is 16.4 Å². The summed E-state index contributed by atoms with van der Waals surface area (Å²) in [5, 5.41) is 10.6. The fourth-order valence-corrected chi connectivity index (χ4v) is 4.26. The monoisotopic (exact) mass is 481 g/mol. The van der Waals surface area contributed by atoms with E-state index in [1.54, 1.807) is 11.6 Å². The topological polar surface area (TPSA) is 128 Å². The summed E-state index contributed by atoms with van der Waals surface area (Å²) >= 11 is 0. The molecule has 0 aliphatic heterocycles. The Morgan fingerprint density at radius 3 is 2.50 bits per heavy atom. The van der Waals surface area contributed by atoms with Crippen molar-refractivity contribution in [3.05, 3.63) is 78.3 Å². The molecule has 2 N–H and O–H groups in total. The first-order chi connectivity index (χ1) is 16.4. The van der Waals surface area contributed by atoms with Crippen LogP contribution in [0.3, 0.4) is 0 Å². The molecule has 10 nitrogen and oxygen atoms in total. The Morgan fingerprint density at radius 1 is 1.12 bits per heavy atom. The van der Waals surface area contributed by atoms with Gasteiger partial charge in [-0.2, -0.15) is 5.10 Å². The van der Waals surface area contributed by atoms with Crippen molar-refractivity contribution in [2.75, 3.05) is 10.0 Å². The Morgan fingerprint density at radius 2 is 1.85 bits per heavy atom. The number of sulfonamides is 1. The normalized spacial score (nSPS) is 11.2. The number of anilines is 2. The summed E-state index contributed by atoms with van der Waals surface area (Å²) < 4.78 is 39.4. The van der Waals surface area contributed by atoms with Crippen molar-refractivity contribution < 1.29 is 22.5 Å². The second kappa shape index (κ2) is 9.79. The van der Waals surface area contributed by atoms with Crippen LogP contribution in [0.1, 0.15) is 24.8 Å². The fraction of sp³-hybridized carbons (Fsp3) is 0.174. The standard InChI is InChI=1S/C23H23N5O5S/c1-3-7-20-21(15-24-28(20)18-8-5-4-6-9-18)32-23(29)25-17-10-12-19(13-11-17)34(30,31)27-22-14-16(2)33-26-22/h4-6,8-15H,3,7H2,1-2H3,(H,25,29)(H,26,27). The zero-order valence-electron chi connectivity index (χ0n) is 18.6. The highest BCUT2D eigenvalue weighted by Crippen LogP contribution is 2.24. The lowest BCUT2D eigenvalue weighted by Crippen LogP contribution is -2.18. The van der Waals surface area contributed by atoms with Crippen molar-refractivity contribution in [1.82, 2.24) is 14.9 Å². The van der Waals surface area contributed by atoms with Gasteiger partial charge in [0.05, 0.1) is 22.5 Å². The molecular formula is C23H23N5O5S. The third-order valence-corrected chi connectivity index (χ3v) is 6.17. The van der Waals surface area contributed by atoms with Gasteiger partial charge in [0.1, 0.15) is 5.76 Å². The number of ether oxygens (including phenoxy) is 1. The SMILES string of the molecule is CCCc1c(OC(=O)Nc2ccc(S(=O)(=O)Nc3cc(C)on3)cc2)cnn1-c1ccccc1. The molecule has 4 rings (SSSR count). The number of para-hydroxylation sites is 1. The Balaban J connectivity index is 1.44. The molecule has 0 aliphatic rings. The predicted octanol–water partition coefficient (Wildman–Crippen LogP) is 4.53. The van der Waals surface area contributed by atoms with Gasteiger partial charge in [-0.3, -0.25) is 10.0 Å². The van der Waals surface area contributed by atoms with Gasteiger partial charge in [-0.1, -0.05) is 36.7 Å². The summed E-state index contributed by atoms with van der Waals surface area (Å²) in [6.45, 7) is 3.68. The average molecular weight is 482 g/mol. The zero-order chi connectivity index (χ0) is 24.1. The first kappa shape index (κ1) is 23.1. The maximum atomic E-state index is 12.5. The number of carbonyl (C=O) groups excluding carboxylic acids is 1. The van der Waals surface area contributed by atoms with Crippen LogP contribution in [0, 0.1) is 6.92 Å². The number of nitrogens with one attached hydrogen (secondary N) is 2. The number of rotatable bonds is 8. The molecule has 0 bridgehead atoms. The van der Waals surface area contributed by atoms with Crippen LogP contribution in [-0.4, -0.2) is 29.4 Å². The number of aromatic nitrogens is 3. The molecule has 176 valence electrons. The molecule has 11 heteroatoms. The number of aryl methyl sites for hydroxylation is 1. The van der Waals surface area contributed by atoms with E-state index in [2.05, 4.69) is 20.3 Å². The van der Waals surface area contributed by atoms with Crippen molar-refractivity contribution in [2.24, 2.45) is 0 Å². The molecule has 1 amide bonds. The molecule has 34 heavy (non-hydrogen) atoms. The Bertz CT molecular complexity index is 1380. The van der Waals surface area contributed by atoms with Gasteiger partial charge in [-0.25, -0.2) is 17.9 Å². The Labute approximate surface area is 196 Å². The fourth-order valence-electron chi connectivity index (χ4n) is 3.27. The lowest BCUT2D eigenvalue weighted by molar-refractivity contribution is 0.214. The summed E-state index contributed by atoms with van der Waals surface area (Å²) in [5.74, 6) is 0.920. The zero-order valence-corrected chi connectivity index (χ0v) is 19.4. The number of hydrogen-bond acceptors (Lipinski definition) is 7. The lowest BCUT2D eigenvalue weighted by Gasteiger charge is -2.10. The first-order valence-electron chi connectivity index (χ1n) is 10.5. The van der Waals surface area contributed by atoms with Crippen LogP contribution < -0.4 is 14.8 Å². The molecule has 0 atom stereocenters. The molecule has 0 saturated heterocycles. The quantitative estimate of drug-likeness (QED) is 0.378. The van der Waals surface area contributed by atoms with Crippen molar-refractivity contribution in [3.63, 3.8) is 0 Å². The molecule has 2 aromatic heterocycles. The predicted molar refractivity (Wildman–Crippen MR) is 126 cm³/mol. The number of hydrogen-bond donors (Lipinski definition) is 2. The molecular weight excluding hydrogens is 458 g/mol.